The lowest BCUT2D eigenvalue weighted by Crippen LogP contribution is -2.37. The first kappa shape index (κ1) is 14.0. The minimum atomic E-state index is -0.907. The largest absolute Gasteiger partial charge is 0.478 e. The lowest BCUT2D eigenvalue weighted by molar-refractivity contribution is -0.131. The fourth-order valence-electron chi connectivity index (χ4n) is 2.29. The van der Waals surface area contributed by atoms with E-state index in [0.29, 0.717) is 5.25 Å². The number of carbonyl (C=O) groups is 1. The zero-order valence-corrected chi connectivity index (χ0v) is 12.1. The van der Waals surface area contributed by atoms with Gasteiger partial charge in [0.1, 0.15) is 0 Å². The molecule has 0 spiro atoms. The van der Waals surface area contributed by atoms with Crippen molar-refractivity contribution in [1.29, 1.82) is 0 Å². The second kappa shape index (κ2) is 6.15. The predicted octanol–water partition coefficient (Wildman–Crippen LogP) is 3.03. The summed E-state index contributed by atoms with van der Waals surface area (Å²) in [5, 5.41) is 9.40. The van der Waals surface area contributed by atoms with E-state index in [1.54, 1.807) is 6.08 Å². The van der Waals surface area contributed by atoms with E-state index in [1.165, 1.54) is 6.08 Å². The molecule has 1 fully saturated rings. The highest BCUT2D eigenvalue weighted by molar-refractivity contribution is 8.00. The molecule has 0 aliphatic carbocycles. The number of hydrogen-bond donors (Lipinski definition) is 1. The van der Waals surface area contributed by atoms with Gasteiger partial charge in [0.05, 0.1) is 0 Å². The molecule has 1 aliphatic rings. The molecule has 1 atom stereocenters. The predicted molar refractivity (Wildman–Crippen MR) is 82.0 cm³/mol. The highest BCUT2D eigenvalue weighted by Crippen LogP contribution is 2.28. The Kier molecular flexibility index (Phi) is 4.53. The minimum absolute atomic E-state index is 0.617. The number of rotatable bonds is 3. The van der Waals surface area contributed by atoms with Crippen LogP contribution in [-0.2, 0) is 4.79 Å². The zero-order chi connectivity index (χ0) is 13.8. The van der Waals surface area contributed by atoms with Crippen LogP contribution in [0.1, 0.15) is 18.1 Å². The maximum absolute atomic E-state index is 10.7. The van der Waals surface area contributed by atoms with Crippen LogP contribution in [-0.4, -0.2) is 35.2 Å². The second-order valence-electron chi connectivity index (χ2n) is 4.86. The highest BCUT2D eigenvalue weighted by atomic mass is 32.2. The van der Waals surface area contributed by atoms with Gasteiger partial charge in [0.15, 0.2) is 0 Å². The van der Waals surface area contributed by atoms with Gasteiger partial charge in [0.2, 0.25) is 0 Å². The average molecular weight is 277 g/mol. The first-order valence-corrected chi connectivity index (χ1v) is 7.49. The Labute approximate surface area is 118 Å². The van der Waals surface area contributed by atoms with Crippen LogP contribution in [0.15, 0.2) is 24.3 Å². The summed E-state index contributed by atoms with van der Waals surface area (Å²) in [7, 11) is 0. The van der Waals surface area contributed by atoms with Gasteiger partial charge in [-0.3, -0.25) is 0 Å². The number of aliphatic carboxylic acids is 1. The molecule has 1 aromatic carbocycles. The van der Waals surface area contributed by atoms with E-state index in [1.807, 2.05) is 24.8 Å². The lowest BCUT2D eigenvalue weighted by atomic mass is 10.1. The molecule has 2 rings (SSSR count). The third-order valence-corrected chi connectivity index (χ3v) is 4.31. The number of thioether (sulfide) groups is 1. The van der Waals surface area contributed by atoms with Crippen LogP contribution in [0.3, 0.4) is 0 Å². The number of hydrogen-bond acceptors (Lipinski definition) is 3. The van der Waals surface area contributed by atoms with E-state index >= 15 is 0 Å². The zero-order valence-electron chi connectivity index (χ0n) is 11.3. The van der Waals surface area contributed by atoms with Gasteiger partial charge in [0.25, 0.3) is 0 Å². The Balaban J connectivity index is 2.30. The molecule has 102 valence electrons. The molecule has 0 radical (unpaired) electrons. The molecular formula is C15H19NO2S. The van der Waals surface area contributed by atoms with Crippen LogP contribution in [0, 0.1) is 6.92 Å². The molecule has 0 saturated carbocycles. The molecule has 1 heterocycles. The van der Waals surface area contributed by atoms with Gasteiger partial charge in [-0.1, -0.05) is 18.6 Å². The molecule has 0 bridgehead atoms. The summed E-state index contributed by atoms with van der Waals surface area (Å²) in [5.41, 5.74) is 3.27. The molecular weight excluding hydrogens is 258 g/mol. The van der Waals surface area contributed by atoms with E-state index in [0.717, 1.165) is 35.7 Å². The van der Waals surface area contributed by atoms with Crippen molar-refractivity contribution in [2.45, 2.75) is 19.1 Å². The molecule has 0 amide bonds. The number of anilines is 1. The van der Waals surface area contributed by atoms with Crippen molar-refractivity contribution in [3.05, 3.63) is 35.4 Å². The fourth-order valence-corrected chi connectivity index (χ4v) is 3.31. The standard InChI is InChI=1S/C15H19NO2S/c1-11-3-5-14(13(9-11)4-6-15(17)18)16-7-8-19-12(2)10-16/h3-6,9,12H,7-8,10H2,1-2H3,(H,17,18)/b6-4+. The van der Waals surface area contributed by atoms with Gasteiger partial charge in [-0.15, -0.1) is 0 Å². The number of carboxylic acid groups (broad SMARTS) is 1. The maximum atomic E-state index is 10.7. The fraction of sp³-hybridized carbons (Fsp3) is 0.400. The van der Waals surface area contributed by atoms with Gasteiger partial charge in [-0.2, -0.15) is 11.8 Å². The van der Waals surface area contributed by atoms with Crippen LogP contribution in [0.5, 0.6) is 0 Å². The first-order valence-electron chi connectivity index (χ1n) is 6.44. The molecule has 1 saturated heterocycles. The Morgan fingerprint density at radius 2 is 2.32 bits per heavy atom. The quantitative estimate of drug-likeness (QED) is 0.862. The molecule has 19 heavy (non-hydrogen) atoms. The molecule has 1 aliphatic heterocycles. The number of carboxylic acids is 1. The van der Waals surface area contributed by atoms with Crippen molar-refractivity contribution in [1.82, 2.24) is 0 Å². The lowest BCUT2D eigenvalue weighted by Gasteiger charge is -2.33. The summed E-state index contributed by atoms with van der Waals surface area (Å²) in [6.45, 7) is 6.29. The van der Waals surface area contributed by atoms with Crippen molar-refractivity contribution in [3.63, 3.8) is 0 Å². The number of nitrogens with zero attached hydrogens (tertiary/aromatic N) is 1. The average Bonchev–Trinajstić information content (AvgIpc) is 2.36. The smallest absolute Gasteiger partial charge is 0.328 e. The van der Waals surface area contributed by atoms with E-state index < -0.39 is 5.97 Å². The van der Waals surface area contributed by atoms with Crippen molar-refractivity contribution >= 4 is 29.5 Å². The Morgan fingerprint density at radius 1 is 1.53 bits per heavy atom. The van der Waals surface area contributed by atoms with E-state index in [2.05, 4.69) is 24.0 Å². The van der Waals surface area contributed by atoms with Crippen LogP contribution < -0.4 is 4.90 Å². The summed E-state index contributed by atoms with van der Waals surface area (Å²) in [5.74, 6) is 0.215. The van der Waals surface area contributed by atoms with E-state index in [-0.39, 0.29) is 0 Å². The Bertz CT molecular complexity index is 499. The maximum Gasteiger partial charge on any atom is 0.328 e. The van der Waals surface area contributed by atoms with Gasteiger partial charge in [-0.05, 0) is 30.7 Å². The molecule has 1 aromatic rings. The number of benzene rings is 1. The second-order valence-corrected chi connectivity index (χ2v) is 6.41. The molecule has 1 unspecified atom stereocenters. The SMILES string of the molecule is Cc1ccc(N2CCSC(C)C2)c(/C=C/C(=O)O)c1. The van der Waals surface area contributed by atoms with Crippen molar-refractivity contribution < 1.29 is 9.90 Å². The summed E-state index contributed by atoms with van der Waals surface area (Å²) >= 11 is 1.99. The van der Waals surface area contributed by atoms with Crippen molar-refractivity contribution in [2.75, 3.05) is 23.7 Å². The first-order chi connectivity index (χ1) is 9.06. The Hall–Kier alpha value is -1.42. The molecule has 4 heteroatoms. The summed E-state index contributed by atoms with van der Waals surface area (Å²) in [4.78, 5) is 13.0. The summed E-state index contributed by atoms with van der Waals surface area (Å²) in [6, 6.07) is 6.22. The van der Waals surface area contributed by atoms with Gasteiger partial charge in [-0.25, -0.2) is 4.79 Å². The summed E-state index contributed by atoms with van der Waals surface area (Å²) < 4.78 is 0. The molecule has 3 nitrogen and oxygen atoms in total. The van der Waals surface area contributed by atoms with E-state index in [9.17, 15) is 4.79 Å². The monoisotopic (exact) mass is 277 g/mol. The minimum Gasteiger partial charge on any atom is -0.478 e. The highest BCUT2D eigenvalue weighted by Gasteiger charge is 2.18. The van der Waals surface area contributed by atoms with Crippen LogP contribution in [0.25, 0.3) is 6.08 Å². The van der Waals surface area contributed by atoms with Crippen LogP contribution >= 0.6 is 11.8 Å². The van der Waals surface area contributed by atoms with Crippen LogP contribution in [0.2, 0.25) is 0 Å². The molecule has 0 aromatic heterocycles. The van der Waals surface area contributed by atoms with Crippen molar-refractivity contribution in [2.24, 2.45) is 0 Å². The normalized spacial score (nSPS) is 19.9. The van der Waals surface area contributed by atoms with E-state index in [4.69, 9.17) is 5.11 Å². The van der Waals surface area contributed by atoms with Gasteiger partial charge >= 0.3 is 5.97 Å². The number of aryl methyl sites for hydroxylation is 1. The van der Waals surface area contributed by atoms with Gasteiger partial charge in [0, 0.05) is 35.9 Å². The summed E-state index contributed by atoms with van der Waals surface area (Å²) in [6.07, 6.45) is 2.90. The van der Waals surface area contributed by atoms with Gasteiger partial charge < -0.3 is 10.0 Å². The van der Waals surface area contributed by atoms with Crippen LogP contribution in [0.4, 0.5) is 5.69 Å². The topological polar surface area (TPSA) is 40.5 Å². The third-order valence-electron chi connectivity index (χ3n) is 3.17. The third kappa shape index (κ3) is 3.77. The van der Waals surface area contributed by atoms with Crippen molar-refractivity contribution in [3.8, 4) is 0 Å². The Morgan fingerprint density at radius 3 is 3.00 bits per heavy atom. The molecule has 1 N–H and O–H groups in total.